The fourth-order valence-corrected chi connectivity index (χ4v) is 2.83. The van der Waals surface area contributed by atoms with E-state index in [0.717, 1.165) is 0 Å². The van der Waals surface area contributed by atoms with Crippen molar-refractivity contribution >= 4 is 42.3 Å². The van der Waals surface area contributed by atoms with Crippen LogP contribution in [0.15, 0.2) is 0 Å². The Morgan fingerprint density at radius 2 is 1.73 bits per heavy atom. The van der Waals surface area contributed by atoms with Crippen LogP contribution in [-0.2, 0) is 7.75 Å². The molecule has 0 unspecified atom stereocenters. The standard InChI is InChI=1S/C4H9O3.3ClH.Sb.H/c5-1-3-7-4-2-6;;;;;/h5H,1-4H2;3*1H;;/q-1;;;;+4;/p-3. The van der Waals surface area contributed by atoms with Crippen LogP contribution in [0, 0.1) is 0 Å². The van der Waals surface area contributed by atoms with Crippen molar-refractivity contribution < 1.29 is 12.9 Å². The molecule has 0 spiro atoms. The summed E-state index contributed by atoms with van der Waals surface area (Å²) in [6, 6.07) is 0. The molecule has 1 N–H and O–H groups in total. The number of ether oxygens (including phenoxy) is 1. The van der Waals surface area contributed by atoms with Gasteiger partial charge in [-0.25, -0.2) is 0 Å². The van der Waals surface area contributed by atoms with Gasteiger partial charge in [0, 0.05) is 0 Å². The molecule has 0 amide bonds. The molecule has 0 rings (SSSR count). The van der Waals surface area contributed by atoms with E-state index in [-0.39, 0.29) is 13.2 Å². The van der Waals surface area contributed by atoms with E-state index in [2.05, 4.69) is 0 Å². The molecule has 0 heterocycles. The van der Waals surface area contributed by atoms with Gasteiger partial charge in [-0.05, 0) is 0 Å². The van der Waals surface area contributed by atoms with Gasteiger partial charge in [-0.3, -0.25) is 0 Å². The molecule has 7 heteroatoms. The number of rotatable bonds is 6. The van der Waals surface area contributed by atoms with Gasteiger partial charge in [-0.15, -0.1) is 0 Å². The second-order valence-corrected chi connectivity index (χ2v) is 19.6. The van der Waals surface area contributed by atoms with Gasteiger partial charge in [0.05, 0.1) is 0 Å². The van der Waals surface area contributed by atoms with E-state index < -0.39 is 15.8 Å². The number of aliphatic hydroxyl groups is 1. The molecule has 0 saturated heterocycles. The van der Waals surface area contributed by atoms with E-state index in [1.807, 2.05) is 0 Å². The van der Waals surface area contributed by atoms with Crippen molar-refractivity contribution in [3.8, 4) is 0 Å². The first-order valence-electron chi connectivity index (χ1n) is 2.95. The normalized spacial score (nSPS) is 13.5. The zero-order valence-electron chi connectivity index (χ0n) is 5.73. The Morgan fingerprint density at radius 3 is 2.18 bits per heavy atom. The topological polar surface area (TPSA) is 38.7 Å². The fourth-order valence-electron chi connectivity index (χ4n) is 0.383. The third-order valence-corrected chi connectivity index (χ3v) is 4.44. The zero-order valence-corrected chi connectivity index (χ0v) is 10.8. The molecule has 0 bridgehead atoms. The molecule has 11 heavy (non-hydrogen) atoms. The van der Waals surface area contributed by atoms with E-state index in [1.54, 1.807) is 0 Å². The van der Waals surface area contributed by atoms with Crippen LogP contribution in [0.5, 0.6) is 0 Å². The van der Waals surface area contributed by atoms with Crippen molar-refractivity contribution in [3.63, 3.8) is 0 Å². The van der Waals surface area contributed by atoms with Gasteiger partial charge >= 0.3 is 81.6 Å². The van der Waals surface area contributed by atoms with E-state index in [1.165, 1.54) is 0 Å². The minimum absolute atomic E-state index is 0.00293. The summed E-state index contributed by atoms with van der Waals surface area (Å²) in [5, 5.41) is 8.29. The third-order valence-electron chi connectivity index (χ3n) is 0.729. The maximum absolute atomic E-state index is 8.29. The van der Waals surface area contributed by atoms with Crippen LogP contribution in [0.3, 0.4) is 0 Å². The molecular formula is C4H10Cl3O3Sb. The number of halogens is 3. The summed E-state index contributed by atoms with van der Waals surface area (Å²) >= 11 is -3.59. The van der Waals surface area contributed by atoms with Crippen LogP contribution in [0.1, 0.15) is 0 Å². The maximum atomic E-state index is 8.29. The molecule has 70 valence electrons. The van der Waals surface area contributed by atoms with Crippen LogP contribution in [0.2, 0.25) is 0 Å². The van der Waals surface area contributed by atoms with Crippen LogP contribution in [0.4, 0.5) is 0 Å². The van der Waals surface area contributed by atoms with Crippen molar-refractivity contribution in [2.45, 2.75) is 0 Å². The molecule has 0 atom stereocenters. The first-order chi connectivity index (χ1) is 5.06. The van der Waals surface area contributed by atoms with Crippen molar-refractivity contribution in [2.75, 3.05) is 26.4 Å². The summed E-state index contributed by atoms with van der Waals surface area (Å²) in [6.45, 7) is 0.924. The number of hydrogen-bond acceptors (Lipinski definition) is 3. The van der Waals surface area contributed by atoms with Crippen molar-refractivity contribution in [3.05, 3.63) is 0 Å². The third kappa shape index (κ3) is 11.6. The molecular weight excluding hydrogens is 324 g/mol. The molecule has 0 saturated carbocycles. The Balaban J connectivity index is 3.02. The molecule has 0 fully saturated rings. The minimum atomic E-state index is -3.59. The van der Waals surface area contributed by atoms with E-state index in [0.29, 0.717) is 13.2 Å². The molecule has 0 aliphatic carbocycles. The Morgan fingerprint density at radius 1 is 1.09 bits per heavy atom. The van der Waals surface area contributed by atoms with Gasteiger partial charge in [-0.2, -0.15) is 0 Å². The van der Waals surface area contributed by atoms with Gasteiger partial charge in [0.15, 0.2) is 0 Å². The van der Waals surface area contributed by atoms with Crippen LogP contribution < -0.4 is 0 Å². The fraction of sp³-hybridized carbons (Fsp3) is 1.00. The summed E-state index contributed by atoms with van der Waals surface area (Å²) in [5.74, 6) is 0. The van der Waals surface area contributed by atoms with Crippen molar-refractivity contribution in [2.24, 2.45) is 0 Å². The molecule has 0 radical (unpaired) electrons. The molecule has 0 aromatic carbocycles. The van der Waals surface area contributed by atoms with Crippen LogP contribution in [-0.4, -0.2) is 47.3 Å². The average molecular weight is 334 g/mol. The number of aliphatic hydroxyl groups excluding tert-OH is 1. The van der Waals surface area contributed by atoms with E-state index >= 15 is 0 Å². The van der Waals surface area contributed by atoms with Crippen LogP contribution in [0.25, 0.3) is 0 Å². The Hall–Kier alpha value is 1.57. The summed E-state index contributed by atoms with van der Waals surface area (Å²) in [7, 11) is 16.4. The van der Waals surface area contributed by atoms with Gasteiger partial charge < -0.3 is 0 Å². The molecule has 0 aliphatic rings. The first-order valence-corrected chi connectivity index (χ1v) is 15.0. The first kappa shape index (κ1) is 12.6. The van der Waals surface area contributed by atoms with Gasteiger partial charge in [-0.1, -0.05) is 0 Å². The second kappa shape index (κ2) is 7.02. The van der Waals surface area contributed by atoms with E-state index in [9.17, 15) is 0 Å². The predicted octanol–water partition coefficient (Wildman–Crippen LogP) is 0.896. The average Bonchev–Trinajstić information content (AvgIpc) is 1.85. The molecule has 0 aliphatic heterocycles. The van der Waals surface area contributed by atoms with Crippen molar-refractivity contribution in [1.29, 1.82) is 0 Å². The van der Waals surface area contributed by atoms with Crippen LogP contribution >= 0.6 is 26.5 Å². The summed E-state index contributed by atoms with van der Waals surface area (Å²) in [5.41, 5.74) is 0. The summed E-state index contributed by atoms with van der Waals surface area (Å²) in [4.78, 5) is 0. The summed E-state index contributed by atoms with van der Waals surface area (Å²) in [6.07, 6.45) is 0. The van der Waals surface area contributed by atoms with Gasteiger partial charge in [0.1, 0.15) is 0 Å². The Kier molecular flexibility index (Phi) is 8.02. The predicted molar refractivity (Wildman–Crippen MR) is 48.6 cm³/mol. The monoisotopic (exact) mass is 332 g/mol. The molecule has 0 aromatic heterocycles. The SMILES string of the molecule is OCCOCC[O][SbH]([Cl])([Cl])[Cl]. The summed E-state index contributed by atoms with van der Waals surface area (Å²) < 4.78 is 9.74. The van der Waals surface area contributed by atoms with Gasteiger partial charge in [0.25, 0.3) is 0 Å². The molecule has 3 nitrogen and oxygen atoms in total. The Labute approximate surface area is 81.1 Å². The quantitative estimate of drug-likeness (QED) is 0.579. The number of hydrogen-bond donors (Lipinski definition) is 1. The second-order valence-electron chi connectivity index (χ2n) is 1.63. The van der Waals surface area contributed by atoms with Gasteiger partial charge in [0.2, 0.25) is 0 Å². The van der Waals surface area contributed by atoms with E-state index in [4.69, 9.17) is 39.3 Å². The Bertz CT molecular complexity index is 97.1. The zero-order chi connectivity index (χ0) is 8.74. The molecule has 0 aromatic rings. The van der Waals surface area contributed by atoms with Crippen molar-refractivity contribution in [1.82, 2.24) is 0 Å².